The number of aromatic nitrogens is 2. The first-order chi connectivity index (χ1) is 9.29. The van der Waals surface area contributed by atoms with Crippen LogP contribution >= 0.6 is 0 Å². The Kier molecular flexibility index (Phi) is 3.82. The van der Waals surface area contributed by atoms with Gasteiger partial charge in [-0.25, -0.2) is 9.97 Å². The normalized spacial score (nSPS) is 23.7. The number of carbonyl (C=O) groups is 1. The molecule has 1 fully saturated rings. The van der Waals surface area contributed by atoms with Gasteiger partial charge in [0.05, 0.1) is 5.92 Å². The van der Waals surface area contributed by atoms with Crippen molar-refractivity contribution in [3.05, 3.63) is 18.0 Å². The van der Waals surface area contributed by atoms with E-state index >= 15 is 0 Å². The number of hydrogen-bond acceptors (Lipinski definition) is 4. The largest absolute Gasteiger partial charge is 0.481 e. The Bertz CT molecular complexity index is 507. The number of rotatable bonds is 2. The van der Waals surface area contributed by atoms with Gasteiger partial charge in [-0.1, -0.05) is 0 Å². The van der Waals surface area contributed by atoms with Crippen molar-refractivity contribution in [3.8, 4) is 0 Å². The molecule has 1 aliphatic rings. The van der Waals surface area contributed by atoms with Crippen LogP contribution in [0.25, 0.3) is 0 Å². The molecule has 0 spiro atoms. The minimum Gasteiger partial charge on any atom is -0.481 e. The van der Waals surface area contributed by atoms with Gasteiger partial charge in [0.15, 0.2) is 0 Å². The molecule has 0 aromatic carbocycles. The number of carboxylic acid groups (broad SMARTS) is 1. The van der Waals surface area contributed by atoms with Crippen molar-refractivity contribution in [2.24, 2.45) is 5.92 Å². The molecule has 8 heteroatoms. The molecule has 1 aromatic heterocycles. The van der Waals surface area contributed by atoms with Crippen LogP contribution in [0.3, 0.4) is 0 Å². The van der Waals surface area contributed by atoms with E-state index in [9.17, 15) is 18.0 Å². The Balaban J connectivity index is 2.19. The Morgan fingerprint density at radius 2 is 2.20 bits per heavy atom. The lowest BCUT2D eigenvalue weighted by molar-refractivity contribution is -0.142. The molecule has 0 bridgehead atoms. The molecule has 20 heavy (non-hydrogen) atoms. The highest BCUT2D eigenvalue weighted by Crippen LogP contribution is 2.30. The lowest BCUT2D eigenvalue weighted by Crippen LogP contribution is -2.43. The first-order valence-corrected chi connectivity index (χ1v) is 6.18. The summed E-state index contributed by atoms with van der Waals surface area (Å²) in [5.41, 5.74) is -0.991. The average molecular weight is 289 g/mol. The van der Waals surface area contributed by atoms with Gasteiger partial charge >= 0.3 is 12.1 Å². The second-order valence-corrected chi connectivity index (χ2v) is 4.84. The molecule has 1 saturated heterocycles. The summed E-state index contributed by atoms with van der Waals surface area (Å²) in [6, 6.07) is 0.603. The molecule has 2 atom stereocenters. The van der Waals surface area contributed by atoms with E-state index in [2.05, 4.69) is 9.97 Å². The number of piperidine rings is 1. The standard InChI is InChI=1S/C12H14F3N3O2/c1-7-6-8(10(19)20)3-5-18(7)11-16-4-2-9(17-11)12(13,14)15/h2,4,7-8H,3,5-6H2,1H3,(H,19,20). The predicted molar refractivity (Wildman–Crippen MR) is 64.2 cm³/mol. The van der Waals surface area contributed by atoms with Crippen LogP contribution in [-0.2, 0) is 11.0 Å². The van der Waals surface area contributed by atoms with Crippen molar-refractivity contribution in [1.82, 2.24) is 9.97 Å². The number of halogens is 3. The van der Waals surface area contributed by atoms with Crippen LogP contribution in [-0.4, -0.2) is 33.6 Å². The van der Waals surface area contributed by atoms with Crippen LogP contribution in [0.15, 0.2) is 12.3 Å². The lowest BCUT2D eigenvalue weighted by atomic mass is 9.92. The molecule has 1 aliphatic heterocycles. The quantitative estimate of drug-likeness (QED) is 0.904. The minimum absolute atomic E-state index is 0.00355. The number of carboxylic acids is 1. The highest BCUT2D eigenvalue weighted by molar-refractivity contribution is 5.70. The van der Waals surface area contributed by atoms with Crippen molar-refractivity contribution in [2.45, 2.75) is 32.0 Å². The van der Waals surface area contributed by atoms with Crippen molar-refractivity contribution in [3.63, 3.8) is 0 Å². The highest BCUT2D eigenvalue weighted by atomic mass is 19.4. The highest BCUT2D eigenvalue weighted by Gasteiger charge is 2.35. The molecule has 2 rings (SSSR count). The summed E-state index contributed by atoms with van der Waals surface area (Å²) in [5.74, 6) is -1.34. The fourth-order valence-corrected chi connectivity index (χ4v) is 2.34. The van der Waals surface area contributed by atoms with E-state index in [1.54, 1.807) is 11.8 Å². The molecule has 1 N–H and O–H groups in total. The van der Waals surface area contributed by atoms with E-state index in [0.717, 1.165) is 12.3 Å². The van der Waals surface area contributed by atoms with E-state index < -0.39 is 23.8 Å². The summed E-state index contributed by atoms with van der Waals surface area (Å²) < 4.78 is 37.8. The summed E-state index contributed by atoms with van der Waals surface area (Å²) in [6.07, 6.45) is -2.70. The van der Waals surface area contributed by atoms with Gasteiger partial charge < -0.3 is 10.0 Å². The van der Waals surface area contributed by atoms with Crippen molar-refractivity contribution < 1.29 is 23.1 Å². The van der Waals surface area contributed by atoms with E-state index in [1.807, 2.05) is 0 Å². The third-order valence-electron chi connectivity index (χ3n) is 3.42. The maximum atomic E-state index is 12.6. The van der Waals surface area contributed by atoms with Gasteiger partial charge in [0.2, 0.25) is 5.95 Å². The lowest BCUT2D eigenvalue weighted by Gasteiger charge is -2.36. The third-order valence-corrected chi connectivity index (χ3v) is 3.42. The van der Waals surface area contributed by atoms with Gasteiger partial charge in [-0.3, -0.25) is 4.79 Å². The van der Waals surface area contributed by atoms with Crippen molar-refractivity contribution in [1.29, 1.82) is 0 Å². The zero-order chi connectivity index (χ0) is 14.9. The maximum Gasteiger partial charge on any atom is 0.433 e. The zero-order valence-electron chi connectivity index (χ0n) is 10.8. The summed E-state index contributed by atoms with van der Waals surface area (Å²) in [5, 5.41) is 8.97. The van der Waals surface area contributed by atoms with Crippen LogP contribution in [0.4, 0.5) is 19.1 Å². The van der Waals surface area contributed by atoms with Crippen molar-refractivity contribution >= 4 is 11.9 Å². The number of nitrogens with zero attached hydrogens (tertiary/aromatic N) is 3. The predicted octanol–water partition coefficient (Wildman–Crippen LogP) is 2.18. The summed E-state index contributed by atoms with van der Waals surface area (Å²) in [7, 11) is 0. The second-order valence-electron chi connectivity index (χ2n) is 4.84. The van der Waals surface area contributed by atoms with Gasteiger partial charge in [-0.2, -0.15) is 13.2 Å². The molecule has 0 radical (unpaired) electrons. The topological polar surface area (TPSA) is 66.3 Å². The fraction of sp³-hybridized carbons (Fsp3) is 0.583. The van der Waals surface area contributed by atoms with Crippen LogP contribution in [0.5, 0.6) is 0 Å². The van der Waals surface area contributed by atoms with Gasteiger partial charge in [0, 0.05) is 18.8 Å². The molecule has 1 aromatic rings. The Morgan fingerprint density at radius 1 is 1.50 bits per heavy atom. The summed E-state index contributed by atoms with van der Waals surface area (Å²) in [4.78, 5) is 19.9. The molecule has 2 unspecified atom stereocenters. The molecule has 0 saturated carbocycles. The first-order valence-electron chi connectivity index (χ1n) is 6.18. The Hall–Kier alpha value is -1.86. The first kappa shape index (κ1) is 14.5. The number of anilines is 1. The van der Waals surface area contributed by atoms with Crippen LogP contribution in [0.2, 0.25) is 0 Å². The third kappa shape index (κ3) is 3.00. The molecule has 0 aliphatic carbocycles. The summed E-state index contributed by atoms with van der Waals surface area (Å²) >= 11 is 0. The van der Waals surface area contributed by atoms with E-state index in [4.69, 9.17) is 5.11 Å². The van der Waals surface area contributed by atoms with Gasteiger partial charge in [0.25, 0.3) is 0 Å². The fourth-order valence-electron chi connectivity index (χ4n) is 2.34. The van der Waals surface area contributed by atoms with Gasteiger partial charge in [-0.15, -0.1) is 0 Å². The molecule has 110 valence electrons. The molecule has 2 heterocycles. The number of aliphatic carboxylic acids is 1. The van der Waals surface area contributed by atoms with Crippen LogP contribution < -0.4 is 4.90 Å². The second kappa shape index (κ2) is 5.26. The molecule has 5 nitrogen and oxygen atoms in total. The number of alkyl halides is 3. The average Bonchev–Trinajstić information content (AvgIpc) is 2.37. The number of hydrogen-bond donors (Lipinski definition) is 1. The van der Waals surface area contributed by atoms with E-state index in [-0.39, 0.29) is 12.0 Å². The van der Waals surface area contributed by atoms with Gasteiger partial charge in [0.1, 0.15) is 5.69 Å². The summed E-state index contributed by atoms with van der Waals surface area (Å²) in [6.45, 7) is 2.10. The Morgan fingerprint density at radius 3 is 2.75 bits per heavy atom. The zero-order valence-corrected chi connectivity index (χ0v) is 10.8. The van der Waals surface area contributed by atoms with E-state index in [0.29, 0.717) is 19.4 Å². The van der Waals surface area contributed by atoms with Crippen LogP contribution in [0, 0.1) is 5.92 Å². The smallest absolute Gasteiger partial charge is 0.433 e. The van der Waals surface area contributed by atoms with E-state index in [1.165, 1.54) is 0 Å². The van der Waals surface area contributed by atoms with Crippen molar-refractivity contribution in [2.75, 3.05) is 11.4 Å². The molecular formula is C12H14F3N3O2. The monoisotopic (exact) mass is 289 g/mol. The maximum absolute atomic E-state index is 12.6. The SMILES string of the molecule is CC1CC(C(=O)O)CCN1c1nccc(C(F)(F)F)n1. The molecular weight excluding hydrogens is 275 g/mol. The van der Waals surface area contributed by atoms with Gasteiger partial charge in [-0.05, 0) is 25.8 Å². The molecule has 0 amide bonds. The minimum atomic E-state index is -4.51. The Labute approximate surface area is 113 Å². The van der Waals surface area contributed by atoms with Crippen LogP contribution in [0.1, 0.15) is 25.5 Å².